The van der Waals surface area contributed by atoms with Gasteiger partial charge in [-0.25, -0.2) is 15.0 Å². The van der Waals surface area contributed by atoms with Crippen molar-refractivity contribution in [1.29, 1.82) is 10.5 Å². The molecule has 10 rings (SSSR count). The summed E-state index contributed by atoms with van der Waals surface area (Å²) >= 11 is 0. The molecule has 0 radical (unpaired) electrons. The summed E-state index contributed by atoms with van der Waals surface area (Å²) in [5.41, 5.74) is 8.24. The topological polar surface area (TPSA) is 96.1 Å². The van der Waals surface area contributed by atoms with Crippen LogP contribution < -0.4 is 0 Å². The number of nitriles is 2. The minimum Gasteiger partial charge on any atom is -0.309 e. The van der Waals surface area contributed by atoms with Gasteiger partial charge >= 0.3 is 0 Å². The molecule has 0 N–H and O–H groups in total. The van der Waals surface area contributed by atoms with Crippen molar-refractivity contribution in [3.8, 4) is 57.7 Å². The second-order valence-electron chi connectivity index (χ2n) is 13.0. The third-order valence-corrected chi connectivity index (χ3v) is 10.1. The van der Waals surface area contributed by atoms with Gasteiger partial charge in [-0.3, -0.25) is 0 Å². The Labute approximate surface area is 309 Å². The van der Waals surface area contributed by atoms with Crippen LogP contribution in [0, 0.1) is 22.7 Å². The maximum absolute atomic E-state index is 10.9. The number of hydrogen-bond donors (Lipinski definition) is 0. The van der Waals surface area contributed by atoms with E-state index >= 15 is 0 Å². The second kappa shape index (κ2) is 12.4. The molecule has 10 aromatic rings. The molecule has 54 heavy (non-hydrogen) atoms. The molecule has 0 aliphatic rings. The zero-order chi connectivity index (χ0) is 36.2. The first-order chi connectivity index (χ1) is 26.7. The molecule has 0 atom stereocenters. The molecule has 7 heteroatoms. The van der Waals surface area contributed by atoms with Crippen LogP contribution in [-0.2, 0) is 0 Å². The highest BCUT2D eigenvalue weighted by Gasteiger charge is 2.25. The average molecular weight is 690 g/mol. The van der Waals surface area contributed by atoms with Crippen molar-refractivity contribution in [1.82, 2.24) is 24.1 Å². The first kappa shape index (κ1) is 30.9. The molecule has 250 valence electrons. The summed E-state index contributed by atoms with van der Waals surface area (Å²) in [6.07, 6.45) is 0. The normalized spacial score (nSPS) is 11.3. The molecular formula is C47H27N7. The Morgan fingerprint density at radius 3 is 1.57 bits per heavy atom. The molecule has 7 nitrogen and oxygen atoms in total. The van der Waals surface area contributed by atoms with Crippen LogP contribution in [0.25, 0.3) is 89.2 Å². The Morgan fingerprint density at radius 1 is 0.407 bits per heavy atom. The molecule has 0 bridgehead atoms. The molecule has 0 aliphatic carbocycles. The largest absolute Gasteiger partial charge is 0.309 e. The van der Waals surface area contributed by atoms with E-state index in [4.69, 9.17) is 15.0 Å². The third kappa shape index (κ3) is 4.70. The van der Waals surface area contributed by atoms with E-state index in [2.05, 4.69) is 94.1 Å². The van der Waals surface area contributed by atoms with Gasteiger partial charge in [-0.1, -0.05) is 121 Å². The molecule has 0 aliphatic heterocycles. The van der Waals surface area contributed by atoms with Crippen molar-refractivity contribution in [3.63, 3.8) is 0 Å². The van der Waals surface area contributed by atoms with E-state index in [1.807, 2.05) is 91.0 Å². The van der Waals surface area contributed by atoms with E-state index in [-0.39, 0.29) is 11.1 Å². The molecule has 0 amide bonds. The highest BCUT2D eigenvalue weighted by molar-refractivity contribution is 6.26. The van der Waals surface area contributed by atoms with E-state index in [0.717, 1.165) is 60.4 Å². The van der Waals surface area contributed by atoms with E-state index in [1.165, 1.54) is 0 Å². The number of aromatic nitrogens is 5. The van der Waals surface area contributed by atoms with E-state index < -0.39 is 0 Å². The number of fused-ring (bicyclic) bond motifs is 7. The molecule has 3 aromatic heterocycles. The average Bonchev–Trinajstić information content (AvgIpc) is 3.77. The Bertz CT molecular complexity index is 3110. The minimum absolute atomic E-state index is 0.199. The predicted octanol–water partition coefficient (Wildman–Crippen LogP) is 10.8. The van der Waals surface area contributed by atoms with E-state index in [1.54, 1.807) is 0 Å². The monoisotopic (exact) mass is 689 g/mol. The molecule has 0 unspecified atom stereocenters. The van der Waals surface area contributed by atoms with Gasteiger partial charge in [0.15, 0.2) is 17.5 Å². The third-order valence-electron chi connectivity index (χ3n) is 10.1. The summed E-state index contributed by atoms with van der Waals surface area (Å²) in [7, 11) is 0. The number of rotatable bonds is 5. The van der Waals surface area contributed by atoms with Crippen molar-refractivity contribution in [2.45, 2.75) is 0 Å². The molecule has 0 spiro atoms. The lowest BCUT2D eigenvalue weighted by Crippen LogP contribution is -2.05. The van der Waals surface area contributed by atoms with Crippen LogP contribution in [0.2, 0.25) is 0 Å². The predicted molar refractivity (Wildman–Crippen MR) is 214 cm³/mol. The maximum atomic E-state index is 10.9. The smallest absolute Gasteiger partial charge is 0.165 e. The van der Waals surface area contributed by atoms with Crippen molar-refractivity contribution in [3.05, 3.63) is 175 Å². The van der Waals surface area contributed by atoms with Crippen molar-refractivity contribution in [2.24, 2.45) is 0 Å². The Hall–Kier alpha value is -7.87. The fourth-order valence-electron chi connectivity index (χ4n) is 7.74. The van der Waals surface area contributed by atoms with Crippen LogP contribution >= 0.6 is 0 Å². The van der Waals surface area contributed by atoms with Gasteiger partial charge in [-0.05, 0) is 42.5 Å². The quantitative estimate of drug-likeness (QED) is 0.179. The van der Waals surface area contributed by atoms with Gasteiger partial charge < -0.3 is 9.13 Å². The molecule has 0 saturated carbocycles. The summed E-state index contributed by atoms with van der Waals surface area (Å²) in [5.74, 6) is 1.27. The molecule has 0 saturated heterocycles. The number of nitrogens with zero attached hydrogens (tertiary/aromatic N) is 7. The van der Waals surface area contributed by atoms with Gasteiger partial charge in [0.05, 0.1) is 38.9 Å². The number of para-hydroxylation sites is 3. The van der Waals surface area contributed by atoms with Gasteiger partial charge in [0.2, 0.25) is 0 Å². The molecule has 3 heterocycles. The zero-order valence-corrected chi connectivity index (χ0v) is 28.7. The van der Waals surface area contributed by atoms with Crippen molar-refractivity contribution >= 4 is 43.6 Å². The van der Waals surface area contributed by atoms with Gasteiger partial charge in [0.1, 0.15) is 12.1 Å². The van der Waals surface area contributed by atoms with Crippen LogP contribution in [0.4, 0.5) is 0 Å². The van der Waals surface area contributed by atoms with E-state index in [0.29, 0.717) is 28.7 Å². The van der Waals surface area contributed by atoms with Gasteiger partial charge in [0, 0.05) is 43.9 Å². The van der Waals surface area contributed by atoms with Gasteiger partial charge in [-0.2, -0.15) is 10.5 Å². The van der Waals surface area contributed by atoms with E-state index in [9.17, 15) is 10.5 Å². The van der Waals surface area contributed by atoms with Crippen LogP contribution in [0.5, 0.6) is 0 Å². The first-order valence-electron chi connectivity index (χ1n) is 17.6. The number of hydrogen-bond acceptors (Lipinski definition) is 5. The Kier molecular flexibility index (Phi) is 7.11. The van der Waals surface area contributed by atoms with Gasteiger partial charge in [-0.15, -0.1) is 0 Å². The SMILES string of the molecule is N#Cc1c(-c2nc(-c3ccccc3)nc(-c3ccccc3)n2)ccc(-n2c3ccccc3c3c2ccc2c4ccccc4n(-c4ccccc4)c23)c1C#N. The number of benzene rings is 7. The first-order valence-corrected chi connectivity index (χ1v) is 17.6. The fourth-order valence-corrected chi connectivity index (χ4v) is 7.74. The summed E-state index contributed by atoms with van der Waals surface area (Å²) < 4.78 is 4.44. The molecule has 0 fully saturated rings. The summed E-state index contributed by atoms with van der Waals surface area (Å²) in [4.78, 5) is 14.6. The summed E-state index contributed by atoms with van der Waals surface area (Å²) in [6, 6.07) is 59.4. The van der Waals surface area contributed by atoms with Gasteiger partial charge in [0.25, 0.3) is 0 Å². The van der Waals surface area contributed by atoms with Crippen LogP contribution in [0.15, 0.2) is 164 Å². The Balaban J connectivity index is 1.26. The lowest BCUT2D eigenvalue weighted by Gasteiger charge is -2.14. The molecule has 7 aromatic carbocycles. The summed E-state index contributed by atoms with van der Waals surface area (Å²) in [6.45, 7) is 0. The standard InChI is InChI=1S/C47H27N7/c48-28-37-35(47-51-45(30-14-4-1-5-15-30)50-46(52-47)31-16-6-2-7-17-31)25-26-41(38(37)29-49)54-40-23-13-11-21-36(40)43-42(54)27-24-34-33-20-10-12-22-39(33)53(44(34)43)32-18-8-3-9-19-32/h1-27H. The second-order valence-corrected chi connectivity index (χ2v) is 13.0. The molecular weight excluding hydrogens is 663 g/mol. The van der Waals surface area contributed by atoms with Crippen LogP contribution in [0.3, 0.4) is 0 Å². The fraction of sp³-hybridized carbons (Fsp3) is 0. The summed E-state index contributed by atoms with van der Waals surface area (Å²) in [5, 5.41) is 26.1. The highest BCUT2D eigenvalue weighted by Crippen LogP contribution is 2.43. The Morgan fingerprint density at radius 2 is 0.944 bits per heavy atom. The lowest BCUT2D eigenvalue weighted by molar-refractivity contribution is 1.07. The highest BCUT2D eigenvalue weighted by atomic mass is 15.0. The lowest BCUT2D eigenvalue weighted by atomic mass is 9.99. The maximum Gasteiger partial charge on any atom is 0.165 e. The van der Waals surface area contributed by atoms with Crippen LogP contribution in [-0.4, -0.2) is 24.1 Å². The van der Waals surface area contributed by atoms with Crippen LogP contribution in [0.1, 0.15) is 11.1 Å². The minimum atomic E-state index is 0.199. The van der Waals surface area contributed by atoms with Crippen molar-refractivity contribution < 1.29 is 0 Å². The van der Waals surface area contributed by atoms with Crippen molar-refractivity contribution in [2.75, 3.05) is 0 Å². The zero-order valence-electron chi connectivity index (χ0n) is 28.7.